The van der Waals surface area contributed by atoms with E-state index in [2.05, 4.69) is 56.1 Å². The van der Waals surface area contributed by atoms with E-state index in [0.29, 0.717) is 5.92 Å². The van der Waals surface area contributed by atoms with Gasteiger partial charge in [0, 0.05) is 11.6 Å². The molecule has 1 aromatic rings. The Kier molecular flexibility index (Phi) is 3.14. The Hall–Kier alpha value is -1.50. The molecule has 0 bridgehead atoms. The third-order valence-electron chi connectivity index (χ3n) is 3.35. The third kappa shape index (κ3) is 2.19. The van der Waals surface area contributed by atoms with Crippen molar-refractivity contribution in [3.05, 3.63) is 54.4 Å². The maximum absolute atomic E-state index is 3.77. The van der Waals surface area contributed by atoms with Crippen LogP contribution in [0.25, 0.3) is 5.57 Å². The predicted octanol–water partition coefficient (Wildman–Crippen LogP) is 3.81. The number of nitrogens with one attached hydrogen (secondary N) is 1. The molecule has 16 heavy (non-hydrogen) atoms. The molecule has 0 amide bonds. The van der Waals surface area contributed by atoms with Crippen molar-refractivity contribution in [3.8, 4) is 0 Å². The molecule has 1 N–H and O–H groups in total. The predicted molar refractivity (Wildman–Crippen MR) is 69.6 cm³/mol. The van der Waals surface area contributed by atoms with E-state index in [4.69, 9.17) is 0 Å². The Balaban J connectivity index is 2.32. The van der Waals surface area contributed by atoms with Crippen LogP contribution in [0.15, 0.2) is 48.8 Å². The maximum Gasteiger partial charge on any atom is 0.0216 e. The third-order valence-corrected chi connectivity index (χ3v) is 3.35. The standard InChI is InChI=1S/C15H19N/c1-4-16-15(14-10-11(14)2)12(3)13-8-6-5-7-9-13/h4-9,11,14,16H,1,10H2,2-3H3/b15-12+/t11-,14?/m0/s1. The molecule has 2 atom stereocenters. The highest BCUT2D eigenvalue weighted by Crippen LogP contribution is 2.44. The van der Waals surface area contributed by atoms with Gasteiger partial charge in [-0.3, -0.25) is 0 Å². The molecule has 1 aliphatic rings. The van der Waals surface area contributed by atoms with Gasteiger partial charge in [0.2, 0.25) is 0 Å². The summed E-state index contributed by atoms with van der Waals surface area (Å²) >= 11 is 0. The van der Waals surface area contributed by atoms with E-state index in [1.54, 1.807) is 6.20 Å². The molecule has 1 nitrogen and oxygen atoms in total. The molecular formula is C15H19N. The fourth-order valence-corrected chi connectivity index (χ4v) is 2.17. The molecule has 1 heteroatoms. The monoisotopic (exact) mass is 213 g/mol. The molecular weight excluding hydrogens is 194 g/mol. The van der Waals surface area contributed by atoms with Crippen LogP contribution in [0.4, 0.5) is 0 Å². The van der Waals surface area contributed by atoms with Crippen LogP contribution in [-0.4, -0.2) is 0 Å². The second kappa shape index (κ2) is 4.56. The smallest absolute Gasteiger partial charge is 0.0216 e. The Morgan fingerprint density at radius 1 is 1.38 bits per heavy atom. The lowest BCUT2D eigenvalue weighted by Gasteiger charge is -2.12. The summed E-state index contributed by atoms with van der Waals surface area (Å²) in [6.45, 7) is 8.25. The van der Waals surface area contributed by atoms with E-state index < -0.39 is 0 Å². The minimum Gasteiger partial charge on any atom is -0.365 e. The SMILES string of the molecule is C=CN/C(=C(\C)c1ccccc1)C1C[C@@H]1C. The van der Waals surface area contributed by atoms with E-state index in [9.17, 15) is 0 Å². The molecule has 1 aromatic carbocycles. The first-order valence-corrected chi connectivity index (χ1v) is 5.87. The molecule has 84 valence electrons. The Morgan fingerprint density at radius 3 is 2.50 bits per heavy atom. The highest BCUT2D eigenvalue weighted by molar-refractivity contribution is 5.67. The molecule has 1 fully saturated rings. The number of hydrogen-bond acceptors (Lipinski definition) is 1. The van der Waals surface area contributed by atoms with Gasteiger partial charge in [0.05, 0.1) is 0 Å². The average molecular weight is 213 g/mol. The van der Waals surface area contributed by atoms with Crippen molar-refractivity contribution in [3.63, 3.8) is 0 Å². The van der Waals surface area contributed by atoms with Crippen molar-refractivity contribution in [2.45, 2.75) is 20.3 Å². The molecule has 0 heterocycles. The van der Waals surface area contributed by atoms with Crippen molar-refractivity contribution >= 4 is 5.57 Å². The molecule has 1 saturated carbocycles. The minimum atomic E-state index is 0.693. The maximum atomic E-state index is 3.77. The topological polar surface area (TPSA) is 12.0 Å². The van der Waals surface area contributed by atoms with Gasteiger partial charge in [-0.1, -0.05) is 43.8 Å². The number of benzene rings is 1. The summed E-state index contributed by atoms with van der Waals surface area (Å²) in [4.78, 5) is 0. The van der Waals surface area contributed by atoms with Gasteiger partial charge in [0.1, 0.15) is 0 Å². The normalized spacial score (nSPS) is 24.6. The summed E-state index contributed by atoms with van der Waals surface area (Å²) < 4.78 is 0. The summed E-state index contributed by atoms with van der Waals surface area (Å²) in [7, 11) is 0. The van der Waals surface area contributed by atoms with Crippen LogP contribution in [0.3, 0.4) is 0 Å². The molecule has 0 aromatic heterocycles. The molecule has 0 saturated heterocycles. The minimum absolute atomic E-state index is 0.693. The summed E-state index contributed by atoms with van der Waals surface area (Å²) in [6, 6.07) is 10.5. The van der Waals surface area contributed by atoms with Crippen LogP contribution >= 0.6 is 0 Å². The summed E-state index contributed by atoms with van der Waals surface area (Å²) in [5.41, 5.74) is 3.98. The van der Waals surface area contributed by atoms with Crippen molar-refractivity contribution in [2.24, 2.45) is 11.8 Å². The van der Waals surface area contributed by atoms with Crippen LogP contribution in [0.1, 0.15) is 25.8 Å². The van der Waals surface area contributed by atoms with Gasteiger partial charge in [-0.2, -0.15) is 0 Å². The lowest BCUT2D eigenvalue weighted by atomic mass is 10.0. The molecule has 1 unspecified atom stereocenters. The number of rotatable bonds is 4. The van der Waals surface area contributed by atoms with Crippen molar-refractivity contribution in [2.75, 3.05) is 0 Å². The quantitative estimate of drug-likeness (QED) is 0.802. The van der Waals surface area contributed by atoms with Crippen LogP contribution in [-0.2, 0) is 0 Å². The fraction of sp³-hybridized carbons (Fsp3) is 0.333. The highest BCUT2D eigenvalue weighted by Gasteiger charge is 2.36. The van der Waals surface area contributed by atoms with Crippen molar-refractivity contribution in [1.29, 1.82) is 0 Å². The van der Waals surface area contributed by atoms with Crippen LogP contribution < -0.4 is 5.32 Å². The summed E-state index contributed by atoms with van der Waals surface area (Å²) in [5, 5.41) is 3.32. The zero-order valence-electron chi connectivity index (χ0n) is 10.0. The van der Waals surface area contributed by atoms with Gasteiger partial charge >= 0.3 is 0 Å². The second-order valence-electron chi connectivity index (χ2n) is 4.57. The summed E-state index contributed by atoms with van der Waals surface area (Å²) in [6.07, 6.45) is 3.08. The fourth-order valence-electron chi connectivity index (χ4n) is 2.17. The Labute approximate surface area is 97.9 Å². The average Bonchev–Trinajstić information content (AvgIpc) is 3.03. The van der Waals surface area contributed by atoms with Crippen LogP contribution in [0.5, 0.6) is 0 Å². The summed E-state index contributed by atoms with van der Waals surface area (Å²) in [5.74, 6) is 1.50. The highest BCUT2D eigenvalue weighted by atomic mass is 14.9. The molecule has 0 radical (unpaired) electrons. The van der Waals surface area contributed by atoms with E-state index in [1.165, 1.54) is 23.3 Å². The lowest BCUT2D eigenvalue weighted by molar-refractivity contribution is 0.801. The van der Waals surface area contributed by atoms with Gasteiger partial charge in [0.25, 0.3) is 0 Å². The molecule has 0 spiro atoms. The lowest BCUT2D eigenvalue weighted by Crippen LogP contribution is -2.09. The van der Waals surface area contributed by atoms with E-state index >= 15 is 0 Å². The molecule has 1 aliphatic carbocycles. The first-order valence-electron chi connectivity index (χ1n) is 5.87. The zero-order chi connectivity index (χ0) is 11.5. The van der Waals surface area contributed by atoms with Gasteiger partial charge in [-0.25, -0.2) is 0 Å². The van der Waals surface area contributed by atoms with Gasteiger partial charge in [-0.15, -0.1) is 0 Å². The van der Waals surface area contributed by atoms with Crippen LogP contribution in [0, 0.1) is 11.8 Å². The van der Waals surface area contributed by atoms with Gasteiger partial charge in [0.15, 0.2) is 0 Å². The molecule has 2 rings (SSSR count). The largest absolute Gasteiger partial charge is 0.365 e. The van der Waals surface area contributed by atoms with Crippen molar-refractivity contribution < 1.29 is 0 Å². The second-order valence-corrected chi connectivity index (χ2v) is 4.57. The van der Waals surface area contributed by atoms with E-state index in [1.807, 2.05) is 0 Å². The molecule has 0 aliphatic heterocycles. The first kappa shape index (κ1) is 11.0. The number of allylic oxidation sites excluding steroid dienone is 2. The Morgan fingerprint density at radius 2 is 2.00 bits per heavy atom. The van der Waals surface area contributed by atoms with E-state index in [0.717, 1.165) is 5.92 Å². The van der Waals surface area contributed by atoms with Crippen LogP contribution in [0.2, 0.25) is 0 Å². The van der Waals surface area contributed by atoms with Crippen molar-refractivity contribution in [1.82, 2.24) is 5.32 Å². The zero-order valence-corrected chi connectivity index (χ0v) is 10.0. The van der Waals surface area contributed by atoms with E-state index in [-0.39, 0.29) is 0 Å². The van der Waals surface area contributed by atoms with Gasteiger partial charge in [-0.05, 0) is 36.6 Å². The first-order chi connectivity index (χ1) is 7.74. The Bertz CT molecular complexity index is 403. The number of hydrogen-bond donors (Lipinski definition) is 1. The van der Waals surface area contributed by atoms with Gasteiger partial charge < -0.3 is 5.32 Å².